The maximum atomic E-state index is 10.4. The fourth-order valence-corrected chi connectivity index (χ4v) is 13.7. The van der Waals surface area contributed by atoms with E-state index in [0.717, 1.165) is 47.5 Å². The van der Waals surface area contributed by atoms with Gasteiger partial charge in [0.25, 0.3) is 8.32 Å². The van der Waals surface area contributed by atoms with Crippen LogP contribution < -0.4 is 16.1 Å². The molecule has 1 fully saturated rings. The zero-order valence-corrected chi connectivity index (χ0v) is 33.0. The molecule has 52 heavy (non-hydrogen) atoms. The van der Waals surface area contributed by atoms with E-state index in [1.165, 1.54) is 22.1 Å². The molecule has 5 aromatic rings. The number of halogens is 1. The van der Waals surface area contributed by atoms with Crippen molar-refractivity contribution in [3.05, 3.63) is 124 Å². The van der Waals surface area contributed by atoms with Crippen LogP contribution in [0.1, 0.15) is 69.2 Å². The molecule has 0 saturated heterocycles. The molecule has 2 heterocycles. The quantitative estimate of drug-likeness (QED) is 0.0585. The molecule has 11 heteroatoms. The Balaban J connectivity index is 1.11. The van der Waals surface area contributed by atoms with Gasteiger partial charge in [0.1, 0.15) is 21.9 Å². The van der Waals surface area contributed by atoms with Crippen molar-refractivity contribution in [3.63, 3.8) is 0 Å². The predicted molar refractivity (Wildman–Crippen MR) is 216 cm³/mol. The second-order valence-electron chi connectivity index (χ2n) is 14.0. The van der Waals surface area contributed by atoms with E-state index in [1.807, 2.05) is 29.6 Å². The first-order chi connectivity index (χ1) is 25.1. The highest BCUT2D eigenvalue weighted by Gasteiger charge is 2.50. The van der Waals surface area contributed by atoms with Crippen molar-refractivity contribution in [2.75, 3.05) is 18.9 Å². The van der Waals surface area contributed by atoms with Gasteiger partial charge in [0.15, 0.2) is 0 Å². The lowest BCUT2D eigenvalue weighted by Crippen LogP contribution is -2.66. The fourth-order valence-electron chi connectivity index (χ4n) is 7.25. The molecule has 0 spiro atoms. The number of nitriles is 1. The van der Waals surface area contributed by atoms with E-state index in [2.05, 4.69) is 97.3 Å². The molecule has 2 aromatic heterocycles. The Kier molecular flexibility index (Phi) is 12.2. The zero-order chi connectivity index (χ0) is 36.7. The summed E-state index contributed by atoms with van der Waals surface area (Å²) < 4.78 is 13.5. The van der Waals surface area contributed by atoms with E-state index in [4.69, 9.17) is 38.1 Å². The van der Waals surface area contributed by atoms with Crippen molar-refractivity contribution in [3.8, 4) is 16.6 Å². The molecule has 0 radical (unpaired) electrons. The smallest absolute Gasteiger partial charge is 0.261 e. The summed E-state index contributed by atoms with van der Waals surface area (Å²) >= 11 is 9.05. The number of rotatable bonds is 12. The highest BCUT2D eigenvalue weighted by Crippen LogP contribution is 2.45. The van der Waals surface area contributed by atoms with Crippen LogP contribution in [0.4, 0.5) is 11.5 Å². The van der Waals surface area contributed by atoms with E-state index in [1.54, 1.807) is 11.3 Å². The first kappa shape index (κ1) is 37.7. The molecular weight excluding hydrogens is 722 g/mol. The van der Waals surface area contributed by atoms with Crippen LogP contribution in [-0.2, 0) is 14.9 Å². The van der Waals surface area contributed by atoms with Crippen LogP contribution in [0, 0.1) is 17.9 Å². The predicted octanol–water partition coefficient (Wildman–Crippen LogP) is 9.77. The van der Waals surface area contributed by atoms with E-state index < -0.39 is 8.32 Å². The third-order valence-corrected chi connectivity index (χ3v) is 16.9. The molecular formula is C41H42ClN5O2S2Si. The third-order valence-electron chi connectivity index (χ3n) is 9.68. The fraction of sp³-hybridized carbons (Fsp3) is 0.317. The minimum Gasteiger partial charge on any atom is -0.405 e. The summed E-state index contributed by atoms with van der Waals surface area (Å²) in [5.41, 5.74) is 9.72. The number of benzene rings is 3. The minimum absolute atomic E-state index is 0.0207. The Morgan fingerprint density at radius 1 is 0.962 bits per heavy atom. The van der Waals surface area contributed by atoms with Gasteiger partial charge in [-0.15, -0.1) is 11.3 Å². The molecule has 266 valence electrons. The molecule has 0 amide bonds. The SMILES string of the molecule is [C-]#[N+]c1c(N)nc(SCc2csc(-c3ccc(Cl)cc3)n2)c(C#N)c1C1CCC(OCCO[Si](c2ccccc2)(c2ccccc2)C(C)(C)C)CC1. The lowest BCUT2D eigenvalue weighted by Gasteiger charge is -2.43. The highest BCUT2D eigenvalue weighted by molar-refractivity contribution is 7.98. The van der Waals surface area contributed by atoms with Crippen LogP contribution in [0.5, 0.6) is 0 Å². The molecule has 1 aliphatic rings. The maximum Gasteiger partial charge on any atom is 0.261 e. The number of hydrogen-bond donors (Lipinski definition) is 1. The summed E-state index contributed by atoms with van der Waals surface area (Å²) in [6.45, 7) is 15.8. The summed E-state index contributed by atoms with van der Waals surface area (Å²) in [4.78, 5) is 13.1. The normalized spacial score (nSPS) is 16.3. The Hall–Kier alpha value is -4.00. The Morgan fingerprint density at radius 2 is 1.60 bits per heavy atom. The molecule has 0 unspecified atom stereocenters. The molecule has 0 atom stereocenters. The zero-order valence-electron chi connectivity index (χ0n) is 29.6. The van der Waals surface area contributed by atoms with E-state index in [0.29, 0.717) is 40.3 Å². The summed E-state index contributed by atoms with van der Waals surface area (Å²) in [6, 6.07) is 31.3. The maximum absolute atomic E-state index is 10.4. The average molecular weight is 764 g/mol. The number of hydrogen-bond acceptors (Lipinski definition) is 8. The van der Waals surface area contributed by atoms with Gasteiger partial charge in [-0.05, 0) is 64.7 Å². The first-order valence-corrected chi connectivity index (χ1v) is 21.6. The van der Waals surface area contributed by atoms with Crippen LogP contribution in [0.25, 0.3) is 15.4 Å². The summed E-state index contributed by atoms with van der Waals surface area (Å²) in [7, 11) is -2.63. The van der Waals surface area contributed by atoms with Gasteiger partial charge in [0.05, 0.1) is 37.1 Å². The van der Waals surface area contributed by atoms with Crippen LogP contribution >= 0.6 is 34.7 Å². The number of nitrogens with zero attached hydrogens (tertiary/aromatic N) is 4. The van der Waals surface area contributed by atoms with Gasteiger partial charge in [0, 0.05) is 21.7 Å². The van der Waals surface area contributed by atoms with Crippen LogP contribution in [0.3, 0.4) is 0 Å². The second kappa shape index (κ2) is 16.8. The number of pyridine rings is 1. The molecule has 0 bridgehead atoms. The third kappa shape index (κ3) is 8.13. The standard InChI is InChI=1S/C41H42ClN5O2S2Si/c1-41(2,3)52(33-11-7-5-8-12-33,34-13-9-6-10-14-34)49-24-23-48-32-21-17-28(18-22-32)36-35(25-43)40(47-38(44)37(36)45-4)51-27-31-26-50-39(46-31)29-15-19-30(42)20-16-29/h5-16,19-20,26,28,32H,17-18,21-24,27H2,1-3H3,(H2,44,47). The lowest BCUT2D eigenvalue weighted by molar-refractivity contribution is 0.00837. The topological polar surface area (TPSA) is 98.4 Å². The summed E-state index contributed by atoms with van der Waals surface area (Å²) in [6.07, 6.45) is 3.31. The largest absolute Gasteiger partial charge is 0.405 e. The van der Waals surface area contributed by atoms with E-state index in [-0.39, 0.29) is 22.9 Å². The molecule has 2 N–H and O–H groups in total. The minimum atomic E-state index is -2.63. The van der Waals surface area contributed by atoms with Crippen molar-refractivity contribution in [1.29, 1.82) is 5.26 Å². The summed E-state index contributed by atoms with van der Waals surface area (Å²) in [5, 5.41) is 16.9. The van der Waals surface area contributed by atoms with Gasteiger partial charge in [-0.3, -0.25) is 0 Å². The van der Waals surface area contributed by atoms with Crippen molar-refractivity contribution in [2.24, 2.45) is 0 Å². The van der Waals surface area contributed by atoms with Gasteiger partial charge in [-0.1, -0.05) is 117 Å². The Morgan fingerprint density at radius 3 is 2.17 bits per heavy atom. The molecule has 3 aromatic carbocycles. The number of thioether (sulfide) groups is 1. The van der Waals surface area contributed by atoms with Gasteiger partial charge < -0.3 is 14.9 Å². The van der Waals surface area contributed by atoms with Gasteiger partial charge in [0.2, 0.25) is 5.69 Å². The number of ether oxygens (including phenoxy) is 1. The van der Waals surface area contributed by atoms with Crippen molar-refractivity contribution >= 4 is 64.9 Å². The van der Waals surface area contributed by atoms with Gasteiger partial charge in [-0.2, -0.15) is 5.26 Å². The number of aromatic nitrogens is 2. The molecule has 0 aliphatic heterocycles. The van der Waals surface area contributed by atoms with Crippen molar-refractivity contribution in [2.45, 2.75) is 74.3 Å². The molecule has 1 aliphatic carbocycles. The molecule has 1 saturated carbocycles. The second-order valence-corrected chi connectivity index (χ2v) is 20.5. The molecule has 7 nitrogen and oxygen atoms in total. The van der Waals surface area contributed by atoms with Crippen molar-refractivity contribution in [1.82, 2.24) is 9.97 Å². The van der Waals surface area contributed by atoms with Gasteiger partial charge >= 0.3 is 0 Å². The number of nitrogen functional groups attached to an aromatic ring is 1. The lowest BCUT2D eigenvalue weighted by atomic mass is 9.80. The van der Waals surface area contributed by atoms with Gasteiger partial charge in [-0.25, -0.2) is 14.8 Å². The van der Waals surface area contributed by atoms with Crippen LogP contribution in [-0.4, -0.2) is 37.6 Å². The average Bonchev–Trinajstić information content (AvgIpc) is 3.63. The highest BCUT2D eigenvalue weighted by atomic mass is 35.5. The van der Waals surface area contributed by atoms with E-state index >= 15 is 0 Å². The van der Waals surface area contributed by atoms with Crippen LogP contribution in [0.2, 0.25) is 10.1 Å². The Labute approximate surface area is 321 Å². The van der Waals surface area contributed by atoms with Crippen LogP contribution in [0.15, 0.2) is 95.3 Å². The monoisotopic (exact) mass is 763 g/mol. The molecule has 6 rings (SSSR count). The summed E-state index contributed by atoms with van der Waals surface area (Å²) in [5.74, 6) is 0.719. The Bertz CT molecular complexity index is 2010. The number of nitrogens with two attached hydrogens (primary N) is 1. The van der Waals surface area contributed by atoms with Crippen molar-refractivity contribution < 1.29 is 9.16 Å². The number of thiazole rings is 1. The number of anilines is 1. The first-order valence-electron chi connectivity index (χ1n) is 17.4. The van der Waals surface area contributed by atoms with E-state index in [9.17, 15) is 5.26 Å².